The van der Waals surface area contributed by atoms with E-state index in [0.29, 0.717) is 6.54 Å². The lowest BCUT2D eigenvalue weighted by atomic mass is 10.1. The Bertz CT molecular complexity index is 317. The van der Waals surface area contributed by atoms with Crippen molar-refractivity contribution >= 4 is 0 Å². The van der Waals surface area contributed by atoms with Gasteiger partial charge in [0.15, 0.2) is 0 Å². The highest BCUT2D eigenvalue weighted by Crippen LogP contribution is 2.13. The molecule has 1 fully saturated rings. The third kappa shape index (κ3) is 2.80. The van der Waals surface area contributed by atoms with Crippen LogP contribution in [0.5, 0.6) is 0 Å². The third-order valence-corrected chi connectivity index (χ3v) is 2.77. The molecule has 1 saturated heterocycles. The van der Waals surface area contributed by atoms with Gasteiger partial charge >= 0.3 is 0 Å². The van der Waals surface area contributed by atoms with Crippen molar-refractivity contribution in [3.63, 3.8) is 0 Å². The van der Waals surface area contributed by atoms with E-state index in [0.717, 1.165) is 6.54 Å². The molecule has 0 unspecified atom stereocenters. The molecule has 1 aliphatic heterocycles. The first-order chi connectivity index (χ1) is 7.77. The highest BCUT2D eigenvalue weighted by atomic mass is 16.5. The molecule has 4 heteroatoms. The molecule has 1 aromatic rings. The average molecular weight is 223 g/mol. The summed E-state index contributed by atoms with van der Waals surface area (Å²) in [7, 11) is 0. The quantitative estimate of drug-likeness (QED) is 0.667. The standard InChI is InChI=1S/C12H17NO3/c14-10-8-16-11(12(10)15)7-13-6-9-4-2-1-3-5-9/h1-5,10-15H,6-8H2/t10-,11+,12-/m1/s1. The van der Waals surface area contributed by atoms with Crippen LogP contribution in [-0.4, -0.2) is 41.7 Å². The average Bonchev–Trinajstić information content (AvgIpc) is 2.62. The monoisotopic (exact) mass is 223 g/mol. The van der Waals surface area contributed by atoms with E-state index >= 15 is 0 Å². The second-order valence-electron chi connectivity index (χ2n) is 4.05. The zero-order chi connectivity index (χ0) is 11.4. The van der Waals surface area contributed by atoms with Gasteiger partial charge in [0.1, 0.15) is 12.2 Å². The summed E-state index contributed by atoms with van der Waals surface area (Å²) in [5, 5.41) is 22.0. The molecule has 0 radical (unpaired) electrons. The van der Waals surface area contributed by atoms with E-state index < -0.39 is 12.2 Å². The van der Waals surface area contributed by atoms with Crippen LogP contribution in [0.3, 0.4) is 0 Å². The molecule has 1 aliphatic rings. The summed E-state index contributed by atoms with van der Waals surface area (Å²) >= 11 is 0. The van der Waals surface area contributed by atoms with E-state index in [-0.39, 0.29) is 12.7 Å². The Morgan fingerprint density at radius 3 is 2.62 bits per heavy atom. The maximum absolute atomic E-state index is 9.54. The molecule has 0 amide bonds. The molecule has 0 aliphatic carbocycles. The van der Waals surface area contributed by atoms with Crippen molar-refractivity contribution in [1.29, 1.82) is 0 Å². The van der Waals surface area contributed by atoms with Crippen LogP contribution in [0.15, 0.2) is 30.3 Å². The van der Waals surface area contributed by atoms with Crippen molar-refractivity contribution in [2.45, 2.75) is 24.9 Å². The lowest BCUT2D eigenvalue weighted by Gasteiger charge is -2.15. The predicted molar refractivity (Wildman–Crippen MR) is 59.9 cm³/mol. The highest BCUT2D eigenvalue weighted by Gasteiger charge is 2.33. The number of hydrogen-bond donors (Lipinski definition) is 3. The van der Waals surface area contributed by atoms with Crippen LogP contribution in [-0.2, 0) is 11.3 Å². The molecule has 0 aromatic heterocycles. The minimum Gasteiger partial charge on any atom is -0.388 e. The summed E-state index contributed by atoms with van der Waals surface area (Å²) in [5.41, 5.74) is 1.19. The lowest BCUT2D eigenvalue weighted by Crippen LogP contribution is -2.37. The first-order valence-electron chi connectivity index (χ1n) is 5.50. The van der Waals surface area contributed by atoms with Gasteiger partial charge in [-0.1, -0.05) is 30.3 Å². The second-order valence-corrected chi connectivity index (χ2v) is 4.05. The van der Waals surface area contributed by atoms with Crippen LogP contribution in [0.2, 0.25) is 0 Å². The zero-order valence-electron chi connectivity index (χ0n) is 9.04. The molecular formula is C12H17NO3. The van der Waals surface area contributed by atoms with Crippen LogP contribution in [0.4, 0.5) is 0 Å². The topological polar surface area (TPSA) is 61.7 Å². The largest absolute Gasteiger partial charge is 0.388 e. The number of rotatable bonds is 4. The van der Waals surface area contributed by atoms with Crippen LogP contribution in [0.1, 0.15) is 5.56 Å². The summed E-state index contributed by atoms with van der Waals surface area (Å²) in [6.45, 7) is 1.51. The van der Waals surface area contributed by atoms with Gasteiger partial charge in [-0.2, -0.15) is 0 Å². The second kappa shape index (κ2) is 5.41. The smallest absolute Gasteiger partial charge is 0.109 e. The van der Waals surface area contributed by atoms with Crippen molar-refractivity contribution in [1.82, 2.24) is 5.32 Å². The fourth-order valence-corrected chi connectivity index (χ4v) is 1.80. The summed E-state index contributed by atoms with van der Waals surface area (Å²) < 4.78 is 5.25. The normalized spacial score (nSPS) is 29.5. The number of hydrogen-bond acceptors (Lipinski definition) is 4. The summed E-state index contributed by atoms with van der Waals surface area (Å²) in [4.78, 5) is 0. The maximum atomic E-state index is 9.54. The number of ether oxygens (including phenoxy) is 1. The summed E-state index contributed by atoms with van der Waals surface area (Å²) in [6.07, 6.45) is -1.83. The van der Waals surface area contributed by atoms with Gasteiger partial charge in [-0.05, 0) is 5.56 Å². The van der Waals surface area contributed by atoms with Gasteiger partial charge in [0.05, 0.1) is 12.7 Å². The molecule has 88 valence electrons. The van der Waals surface area contributed by atoms with Crippen LogP contribution in [0.25, 0.3) is 0 Å². The first-order valence-corrected chi connectivity index (χ1v) is 5.50. The molecule has 1 aromatic carbocycles. The molecule has 16 heavy (non-hydrogen) atoms. The van der Waals surface area contributed by atoms with Gasteiger partial charge in [0, 0.05) is 13.1 Å². The Balaban J connectivity index is 1.73. The Morgan fingerprint density at radius 1 is 1.25 bits per heavy atom. The van der Waals surface area contributed by atoms with Gasteiger partial charge < -0.3 is 20.3 Å². The van der Waals surface area contributed by atoms with Crippen molar-refractivity contribution < 1.29 is 14.9 Å². The minimum absolute atomic E-state index is 0.221. The number of benzene rings is 1. The van der Waals surface area contributed by atoms with Crippen molar-refractivity contribution in [3.05, 3.63) is 35.9 Å². The Labute approximate surface area is 94.9 Å². The fourth-order valence-electron chi connectivity index (χ4n) is 1.80. The number of nitrogens with one attached hydrogen (secondary N) is 1. The Hall–Kier alpha value is -0.940. The molecule has 3 N–H and O–H groups in total. The van der Waals surface area contributed by atoms with Crippen molar-refractivity contribution in [3.8, 4) is 0 Å². The van der Waals surface area contributed by atoms with Gasteiger partial charge in [0.2, 0.25) is 0 Å². The van der Waals surface area contributed by atoms with Gasteiger partial charge in [-0.3, -0.25) is 0 Å². The van der Waals surface area contributed by atoms with Gasteiger partial charge in [-0.15, -0.1) is 0 Å². The van der Waals surface area contributed by atoms with Crippen molar-refractivity contribution in [2.24, 2.45) is 0 Å². The molecule has 4 nitrogen and oxygen atoms in total. The highest BCUT2D eigenvalue weighted by molar-refractivity contribution is 5.14. The van der Waals surface area contributed by atoms with E-state index in [9.17, 15) is 10.2 Å². The first kappa shape index (κ1) is 11.5. The lowest BCUT2D eigenvalue weighted by molar-refractivity contribution is 0.0236. The van der Waals surface area contributed by atoms with E-state index in [1.807, 2.05) is 30.3 Å². The molecule has 0 saturated carbocycles. The molecule has 0 bridgehead atoms. The molecular weight excluding hydrogens is 206 g/mol. The van der Waals surface area contributed by atoms with Gasteiger partial charge in [0.25, 0.3) is 0 Å². The summed E-state index contributed by atoms with van der Waals surface area (Å²) in [5.74, 6) is 0. The maximum Gasteiger partial charge on any atom is 0.109 e. The molecule has 2 rings (SSSR count). The van der Waals surface area contributed by atoms with Crippen LogP contribution in [0, 0.1) is 0 Å². The van der Waals surface area contributed by atoms with E-state index in [1.165, 1.54) is 5.56 Å². The van der Waals surface area contributed by atoms with Crippen LogP contribution >= 0.6 is 0 Å². The van der Waals surface area contributed by atoms with Gasteiger partial charge in [-0.25, -0.2) is 0 Å². The van der Waals surface area contributed by atoms with Crippen LogP contribution < -0.4 is 5.32 Å². The van der Waals surface area contributed by atoms with Crippen molar-refractivity contribution in [2.75, 3.05) is 13.2 Å². The molecule has 0 spiro atoms. The molecule has 1 heterocycles. The van der Waals surface area contributed by atoms with E-state index in [2.05, 4.69) is 5.32 Å². The third-order valence-electron chi connectivity index (χ3n) is 2.77. The SMILES string of the molecule is O[C@@H]1[C@H](O)CO[C@H]1CNCc1ccccc1. The number of aliphatic hydroxyl groups excluding tert-OH is 2. The van der Waals surface area contributed by atoms with E-state index in [4.69, 9.17) is 4.74 Å². The zero-order valence-corrected chi connectivity index (χ0v) is 9.04. The Kier molecular flexibility index (Phi) is 3.90. The molecule has 3 atom stereocenters. The fraction of sp³-hybridized carbons (Fsp3) is 0.500. The minimum atomic E-state index is -0.775. The summed E-state index contributed by atoms with van der Waals surface area (Å²) in [6, 6.07) is 10.0. The number of aliphatic hydroxyl groups is 2. The van der Waals surface area contributed by atoms with E-state index in [1.54, 1.807) is 0 Å². The Morgan fingerprint density at radius 2 is 2.00 bits per heavy atom. The predicted octanol–water partition coefficient (Wildman–Crippen LogP) is -0.103.